The molecule has 1 aromatic carbocycles. The molecular formula is C19H29N3O3. The fraction of sp³-hybridized carbons (Fsp3) is 0.579. The van der Waals surface area contributed by atoms with Crippen molar-refractivity contribution in [2.45, 2.75) is 45.6 Å². The van der Waals surface area contributed by atoms with E-state index >= 15 is 0 Å². The summed E-state index contributed by atoms with van der Waals surface area (Å²) in [6.45, 7) is 5.43. The van der Waals surface area contributed by atoms with Crippen LogP contribution in [0.1, 0.15) is 36.8 Å². The topological polar surface area (TPSA) is 81.7 Å². The second kappa shape index (κ2) is 9.53. The van der Waals surface area contributed by atoms with E-state index in [1.165, 1.54) is 0 Å². The zero-order chi connectivity index (χ0) is 18.2. The van der Waals surface area contributed by atoms with Gasteiger partial charge in [-0.25, -0.2) is 0 Å². The van der Waals surface area contributed by atoms with E-state index in [2.05, 4.69) is 15.5 Å². The number of aryl methyl sites for hydroxylation is 2. The van der Waals surface area contributed by atoms with Gasteiger partial charge in [0.1, 0.15) is 0 Å². The van der Waals surface area contributed by atoms with Crippen LogP contribution in [0.25, 0.3) is 0 Å². The molecule has 0 radical (unpaired) electrons. The molecule has 0 aliphatic heterocycles. The van der Waals surface area contributed by atoms with E-state index in [9.17, 15) is 9.59 Å². The monoisotopic (exact) mass is 347 g/mol. The SMILES string of the molecule is Cc1ccc(C)c(NC(=O)CN(CCC(=O)NCCCO)C2CC2)c1. The van der Waals surface area contributed by atoms with E-state index in [4.69, 9.17) is 5.11 Å². The van der Waals surface area contributed by atoms with E-state index in [0.29, 0.717) is 38.5 Å². The van der Waals surface area contributed by atoms with Crippen LogP contribution < -0.4 is 10.6 Å². The van der Waals surface area contributed by atoms with Crippen molar-refractivity contribution < 1.29 is 14.7 Å². The first-order valence-electron chi connectivity index (χ1n) is 8.98. The number of carbonyl (C=O) groups is 2. The third-order valence-electron chi connectivity index (χ3n) is 4.36. The molecular weight excluding hydrogens is 318 g/mol. The average molecular weight is 347 g/mol. The normalized spacial score (nSPS) is 13.8. The van der Waals surface area contributed by atoms with Crippen LogP contribution in [0, 0.1) is 13.8 Å². The van der Waals surface area contributed by atoms with Crippen molar-refractivity contribution >= 4 is 17.5 Å². The number of amides is 2. The van der Waals surface area contributed by atoms with Gasteiger partial charge in [0, 0.05) is 37.8 Å². The quantitative estimate of drug-likeness (QED) is 0.562. The molecule has 1 aromatic rings. The van der Waals surface area contributed by atoms with Crippen LogP contribution >= 0.6 is 0 Å². The van der Waals surface area contributed by atoms with Gasteiger partial charge in [0.2, 0.25) is 11.8 Å². The number of aliphatic hydroxyl groups is 1. The summed E-state index contributed by atoms with van der Waals surface area (Å²) in [4.78, 5) is 26.3. The number of hydrogen-bond donors (Lipinski definition) is 3. The van der Waals surface area contributed by atoms with Crippen LogP contribution in [-0.4, -0.2) is 54.1 Å². The Hall–Kier alpha value is -1.92. The minimum absolute atomic E-state index is 0.0333. The van der Waals surface area contributed by atoms with Gasteiger partial charge in [0.05, 0.1) is 6.54 Å². The van der Waals surface area contributed by atoms with Gasteiger partial charge in [-0.3, -0.25) is 14.5 Å². The highest BCUT2D eigenvalue weighted by Crippen LogP contribution is 2.27. The number of benzene rings is 1. The van der Waals surface area contributed by atoms with Crippen molar-refractivity contribution in [3.05, 3.63) is 29.3 Å². The number of rotatable bonds is 10. The van der Waals surface area contributed by atoms with Gasteiger partial charge >= 0.3 is 0 Å². The highest BCUT2D eigenvalue weighted by Gasteiger charge is 2.30. The highest BCUT2D eigenvalue weighted by atomic mass is 16.3. The summed E-state index contributed by atoms with van der Waals surface area (Å²) in [7, 11) is 0. The first-order chi connectivity index (χ1) is 12.0. The standard InChI is InChI=1S/C19H29N3O3/c1-14-4-5-15(2)17(12-14)21-19(25)13-22(16-6-7-16)10-8-18(24)20-9-3-11-23/h4-5,12,16,23H,3,6-11,13H2,1-2H3,(H,20,24)(H,21,25). The Labute approximate surface area is 149 Å². The summed E-state index contributed by atoms with van der Waals surface area (Å²) in [5.41, 5.74) is 3.00. The summed E-state index contributed by atoms with van der Waals surface area (Å²) in [6, 6.07) is 6.41. The van der Waals surface area contributed by atoms with Crippen molar-refractivity contribution in [2.75, 3.05) is 31.6 Å². The molecule has 0 saturated heterocycles. The minimum Gasteiger partial charge on any atom is -0.396 e. The maximum Gasteiger partial charge on any atom is 0.238 e. The third kappa shape index (κ3) is 6.84. The molecule has 0 unspecified atom stereocenters. The van der Waals surface area contributed by atoms with Crippen molar-refractivity contribution in [2.24, 2.45) is 0 Å². The lowest BCUT2D eigenvalue weighted by atomic mass is 10.1. The number of hydrogen-bond acceptors (Lipinski definition) is 4. The summed E-state index contributed by atoms with van der Waals surface area (Å²) in [6.07, 6.45) is 3.11. The van der Waals surface area contributed by atoms with Gasteiger partial charge in [0.15, 0.2) is 0 Å². The van der Waals surface area contributed by atoms with E-state index < -0.39 is 0 Å². The van der Waals surface area contributed by atoms with Crippen molar-refractivity contribution in [1.29, 1.82) is 0 Å². The largest absolute Gasteiger partial charge is 0.396 e. The molecule has 0 heterocycles. The van der Waals surface area contributed by atoms with Gasteiger partial charge in [-0.2, -0.15) is 0 Å². The van der Waals surface area contributed by atoms with Gasteiger partial charge in [-0.05, 0) is 50.3 Å². The average Bonchev–Trinajstić information content (AvgIpc) is 3.40. The van der Waals surface area contributed by atoms with Crippen molar-refractivity contribution in [1.82, 2.24) is 10.2 Å². The van der Waals surface area contributed by atoms with E-state index in [1.807, 2.05) is 32.0 Å². The molecule has 6 heteroatoms. The molecule has 1 aliphatic rings. The fourth-order valence-corrected chi connectivity index (χ4v) is 2.72. The Bertz CT molecular complexity index is 600. The van der Waals surface area contributed by atoms with Crippen LogP contribution in [-0.2, 0) is 9.59 Å². The molecule has 1 saturated carbocycles. The van der Waals surface area contributed by atoms with Crippen LogP contribution in [0.3, 0.4) is 0 Å². The second-order valence-electron chi connectivity index (χ2n) is 6.75. The highest BCUT2D eigenvalue weighted by molar-refractivity contribution is 5.93. The van der Waals surface area contributed by atoms with Crippen LogP contribution in [0.15, 0.2) is 18.2 Å². The Morgan fingerprint density at radius 1 is 1.24 bits per heavy atom. The molecule has 138 valence electrons. The molecule has 0 aromatic heterocycles. The van der Waals surface area contributed by atoms with Crippen molar-refractivity contribution in [3.63, 3.8) is 0 Å². The first kappa shape index (κ1) is 19.4. The summed E-state index contributed by atoms with van der Waals surface area (Å²) in [5.74, 6) is -0.0738. The molecule has 6 nitrogen and oxygen atoms in total. The molecule has 3 N–H and O–H groups in total. The lowest BCUT2D eigenvalue weighted by molar-refractivity contribution is -0.122. The van der Waals surface area contributed by atoms with Gasteiger partial charge in [-0.15, -0.1) is 0 Å². The zero-order valence-electron chi connectivity index (χ0n) is 15.2. The Balaban J connectivity index is 1.81. The first-order valence-corrected chi connectivity index (χ1v) is 8.98. The second-order valence-corrected chi connectivity index (χ2v) is 6.75. The molecule has 1 aliphatic carbocycles. The molecule has 0 spiro atoms. The van der Waals surface area contributed by atoms with Crippen LogP contribution in [0.2, 0.25) is 0 Å². The summed E-state index contributed by atoms with van der Waals surface area (Å²) >= 11 is 0. The lowest BCUT2D eigenvalue weighted by Gasteiger charge is -2.21. The van der Waals surface area contributed by atoms with Gasteiger partial charge in [-0.1, -0.05) is 12.1 Å². The Morgan fingerprint density at radius 3 is 2.68 bits per heavy atom. The number of nitrogens with one attached hydrogen (secondary N) is 2. The molecule has 2 amide bonds. The number of anilines is 1. The molecule has 25 heavy (non-hydrogen) atoms. The molecule has 0 bridgehead atoms. The maximum absolute atomic E-state index is 12.4. The summed E-state index contributed by atoms with van der Waals surface area (Å²) < 4.78 is 0. The summed E-state index contributed by atoms with van der Waals surface area (Å²) in [5, 5.41) is 14.5. The molecule has 0 atom stereocenters. The zero-order valence-corrected chi connectivity index (χ0v) is 15.2. The number of carbonyl (C=O) groups excluding carboxylic acids is 2. The lowest BCUT2D eigenvalue weighted by Crippen LogP contribution is -2.38. The Morgan fingerprint density at radius 2 is 2.00 bits per heavy atom. The number of aliphatic hydroxyl groups excluding tert-OH is 1. The third-order valence-corrected chi connectivity index (χ3v) is 4.36. The predicted molar refractivity (Wildman–Crippen MR) is 98.5 cm³/mol. The minimum atomic E-state index is -0.0405. The Kier molecular flexibility index (Phi) is 7.40. The van der Waals surface area contributed by atoms with E-state index in [-0.39, 0.29) is 18.4 Å². The molecule has 1 fully saturated rings. The van der Waals surface area contributed by atoms with Gasteiger partial charge in [0.25, 0.3) is 0 Å². The molecule has 2 rings (SSSR count). The maximum atomic E-state index is 12.4. The fourth-order valence-electron chi connectivity index (χ4n) is 2.72. The van der Waals surface area contributed by atoms with E-state index in [0.717, 1.165) is 29.7 Å². The van der Waals surface area contributed by atoms with Crippen molar-refractivity contribution in [3.8, 4) is 0 Å². The number of nitrogens with zero attached hydrogens (tertiary/aromatic N) is 1. The van der Waals surface area contributed by atoms with Gasteiger partial charge < -0.3 is 15.7 Å². The predicted octanol–water partition coefficient (Wildman–Crippen LogP) is 1.60. The smallest absolute Gasteiger partial charge is 0.238 e. The van der Waals surface area contributed by atoms with Crippen LogP contribution in [0.4, 0.5) is 5.69 Å². The van der Waals surface area contributed by atoms with Crippen LogP contribution in [0.5, 0.6) is 0 Å². The van der Waals surface area contributed by atoms with E-state index in [1.54, 1.807) is 0 Å².